The molecule has 4 N–H and O–H groups in total. The molecule has 380 valence electrons. The Bertz CT molecular complexity index is 3420. The summed E-state index contributed by atoms with van der Waals surface area (Å²) in [5.74, 6) is -4.31. The van der Waals surface area contributed by atoms with Crippen molar-refractivity contribution in [3.8, 4) is 16.9 Å². The Hall–Kier alpha value is -7.78. The molecule has 4 aromatic carbocycles. The summed E-state index contributed by atoms with van der Waals surface area (Å²) in [5.41, 5.74) is 0.964. The van der Waals surface area contributed by atoms with Crippen molar-refractivity contribution in [1.29, 1.82) is 0 Å². The van der Waals surface area contributed by atoms with Crippen molar-refractivity contribution in [3.63, 3.8) is 0 Å². The van der Waals surface area contributed by atoms with Crippen LogP contribution in [0.1, 0.15) is 87.7 Å². The number of aromatic carboxylic acids is 1. The third-order valence-corrected chi connectivity index (χ3v) is 15.7. The molecular weight excluding hydrogens is 983 g/mol. The Kier molecular flexibility index (Phi) is 12.4. The van der Waals surface area contributed by atoms with Gasteiger partial charge in [-0.05, 0) is 128 Å². The first kappa shape index (κ1) is 48.5. The monoisotopic (exact) mass is 1030 g/mol. The molecule has 74 heavy (non-hydrogen) atoms. The molecule has 6 heterocycles. The number of hydrogen-bond acceptors (Lipinski definition) is 12. The van der Waals surface area contributed by atoms with Crippen LogP contribution < -0.4 is 25.6 Å². The molecule has 3 fully saturated rings. The fraction of sp³-hybridized carbons (Fsp3) is 0.321. The Labute approximate surface area is 423 Å². The Balaban J connectivity index is 0.715. The lowest BCUT2D eigenvalue weighted by Crippen LogP contribution is -2.51. The molecule has 21 heteroatoms. The molecule has 4 aliphatic rings. The number of benzene rings is 4. The van der Waals surface area contributed by atoms with Crippen LogP contribution in [0.3, 0.4) is 0 Å². The number of pyridine rings is 1. The van der Waals surface area contributed by atoms with Gasteiger partial charge >= 0.3 is 12.1 Å². The molecule has 2 saturated heterocycles. The van der Waals surface area contributed by atoms with Crippen molar-refractivity contribution in [2.45, 2.75) is 69.7 Å². The second-order valence-electron chi connectivity index (χ2n) is 19.4. The average molecular weight is 1030 g/mol. The lowest BCUT2D eigenvalue weighted by Gasteiger charge is -2.51. The number of rotatable bonds is 11. The van der Waals surface area contributed by atoms with E-state index < -0.39 is 47.0 Å². The number of piperidine rings is 2. The number of hydrogen-bond donors (Lipinski definition) is 4. The summed E-state index contributed by atoms with van der Waals surface area (Å²) in [6.45, 7) is 1.77. The number of carbonyl (C=O) groups is 5. The van der Waals surface area contributed by atoms with E-state index in [-0.39, 0.29) is 83.2 Å². The first-order chi connectivity index (χ1) is 35.5. The van der Waals surface area contributed by atoms with Gasteiger partial charge in [-0.2, -0.15) is 18.3 Å². The summed E-state index contributed by atoms with van der Waals surface area (Å²) in [4.78, 5) is 76.4. The van der Waals surface area contributed by atoms with Crippen molar-refractivity contribution < 1.29 is 51.4 Å². The van der Waals surface area contributed by atoms with Crippen LogP contribution in [0.5, 0.6) is 5.75 Å². The van der Waals surface area contributed by atoms with Crippen LogP contribution in [0.2, 0.25) is 0 Å². The molecule has 1 aliphatic carbocycles. The third-order valence-electron chi connectivity index (χ3n) is 14.8. The van der Waals surface area contributed by atoms with E-state index >= 15 is 4.39 Å². The van der Waals surface area contributed by atoms with E-state index in [9.17, 15) is 42.3 Å². The van der Waals surface area contributed by atoms with E-state index in [1.54, 1.807) is 30.1 Å². The summed E-state index contributed by atoms with van der Waals surface area (Å²) in [6, 6.07) is 22.4. The number of alkyl halides is 3. The minimum atomic E-state index is -4.87. The molecule has 0 radical (unpaired) electrons. The predicted octanol–water partition coefficient (Wildman–Crippen LogP) is 8.70. The van der Waals surface area contributed by atoms with Gasteiger partial charge in [0, 0.05) is 43.1 Å². The highest BCUT2D eigenvalue weighted by molar-refractivity contribution is 7.22. The van der Waals surface area contributed by atoms with E-state index in [0.717, 1.165) is 40.3 Å². The molecule has 7 aromatic rings. The minimum Gasteiger partial charge on any atom is -0.490 e. The topological polar surface area (TPSA) is 201 Å². The maximum absolute atomic E-state index is 15.8. The van der Waals surface area contributed by atoms with Crippen molar-refractivity contribution in [1.82, 2.24) is 30.0 Å². The number of amides is 4. The van der Waals surface area contributed by atoms with E-state index in [4.69, 9.17) is 4.74 Å². The van der Waals surface area contributed by atoms with Crippen LogP contribution in [0.4, 0.5) is 34.2 Å². The van der Waals surface area contributed by atoms with Crippen LogP contribution in [0.15, 0.2) is 84.9 Å². The second kappa shape index (κ2) is 18.9. The summed E-state index contributed by atoms with van der Waals surface area (Å²) in [6.07, 6.45) is -1.69. The highest BCUT2D eigenvalue weighted by Crippen LogP contribution is 2.51. The zero-order valence-corrected chi connectivity index (χ0v) is 40.5. The zero-order chi connectivity index (χ0) is 51.6. The number of carboxylic acid groups (broad SMARTS) is 1. The van der Waals surface area contributed by atoms with Gasteiger partial charge in [0.15, 0.2) is 16.6 Å². The van der Waals surface area contributed by atoms with Gasteiger partial charge in [0.1, 0.15) is 17.1 Å². The fourth-order valence-corrected chi connectivity index (χ4v) is 11.8. The normalized spacial score (nSPS) is 18.0. The van der Waals surface area contributed by atoms with Gasteiger partial charge in [-0.25, -0.2) is 19.2 Å². The molecule has 0 bridgehead atoms. The van der Waals surface area contributed by atoms with Gasteiger partial charge in [-0.15, -0.1) is 0 Å². The molecule has 16 nitrogen and oxygen atoms in total. The van der Waals surface area contributed by atoms with E-state index in [1.807, 2.05) is 35.2 Å². The van der Waals surface area contributed by atoms with Crippen LogP contribution >= 0.6 is 11.3 Å². The van der Waals surface area contributed by atoms with Gasteiger partial charge in [0.05, 0.1) is 45.7 Å². The van der Waals surface area contributed by atoms with Crippen molar-refractivity contribution >= 4 is 78.7 Å². The second-order valence-corrected chi connectivity index (χ2v) is 20.5. The number of para-hydroxylation sites is 1. The number of anilines is 3. The summed E-state index contributed by atoms with van der Waals surface area (Å²) in [5, 5.41) is 23.5. The number of aromatic nitrogens is 4. The van der Waals surface area contributed by atoms with Gasteiger partial charge in [-0.3, -0.25) is 39.4 Å². The van der Waals surface area contributed by atoms with Crippen LogP contribution in [-0.2, 0) is 40.6 Å². The molecule has 3 aliphatic heterocycles. The Morgan fingerprint density at radius 3 is 2.46 bits per heavy atom. The minimum absolute atomic E-state index is 0.00446. The van der Waals surface area contributed by atoms with Crippen molar-refractivity contribution in [3.05, 3.63) is 124 Å². The third kappa shape index (κ3) is 9.29. The first-order valence-corrected chi connectivity index (χ1v) is 25.0. The molecule has 1 unspecified atom stereocenters. The number of fused-ring (bicyclic) bond motifs is 3. The SMILES string of the molecule is Cn1nc(C2CCC(=O)NC2=O)c2ccc(NC(=O)CN3CCC4(CC3)CC(Oc3ccc(-c5ccc(N6CCc7cccc(C(=O)Nc8nc9ccccc9s8)c7C6)nc5C(=O)O)c(C(F)(F)F)c3)C4)c(F)c21. The largest absolute Gasteiger partial charge is 0.490 e. The molecule has 1 saturated carbocycles. The maximum Gasteiger partial charge on any atom is 0.417 e. The number of thiazole rings is 1. The number of ether oxygens (including phenoxy) is 1. The molecule has 4 amide bonds. The number of imide groups is 1. The number of aryl methyl sites for hydroxylation is 1. The lowest BCUT2D eigenvalue weighted by atomic mass is 9.61. The predicted molar refractivity (Wildman–Crippen MR) is 267 cm³/mol. The van der Waals surface area contributed by atoms with Crippen molar-refractivity contribution in [2.24, 2.45) is 12.5 Å². The van der Waals surface area contributed by atoms with E-state index in [0.29, 0.717) is 60.7 Å². The van der Waals surface area contributed by atoms with Crippen LogP contribution in [0, 0.1) is 11.2 Å². The Morgan fingerprint density at radius 1 is 0.919 bits per heavy atom. The number of nitrogens with one attached hydrogen (secondary N) is 3. The first-order valence-electron chi connectivity index (χ1n) is 24.2. The zero-order valence-electron chi connectivity index (χ0n) is 39.7. The average Bonchev–Trinajstić information content (AvgIpc) is 3.94. The Morgan fingerprint density at radius 2 is 1.70 bits per heavy atom. The summed E-state index contributed by atoms with van der Waals surface area (Å²) >= 11 is 1.35. The number of likely N-dealkylation sites (tertiary alicyclic amines) is 1. The number of carbonyl (C=O) groups excluding carboxylic acids is 4. The van der Waals surface area contributed by atoms with Crippen LogP contribution in [0.25, 0.3) is 32.2 Å². The maximum atomic E-state index is 15.8. The summed E-state index contributed by atoms with van der Waals surface area (Å²) < 4.78 is 68.8. The highest BCUT2D eigenvalue weighted by Gasteiger charge is 2.47. The summed E-state index contributed by atoms with van der Waals surface area (Å²) in [7, 11) is 1.54. The smallest absolute Gasteiger partial charge is 0.417 e. The molecule has 1 atom stereocenters. The highest BCUT2D eigenvalue weighted by atomic mass is 32.1. The van der Waals surface area contributed by atoms with Gasteiger partial charge in [0.25, 0.3) is 5.91 Å². The molecule has 3 aromatic heterocycles. The van der Waals surface area contributed by atoms with E-state index in [1.165, 1.54) is 46.4 Å². The van der Waals surface area contributed by atoms with E-state index in [2.05, 4.69) is 31.0 Å². The molecule has 1 spiro atoms. The van der Waals surface area contributed by atoms with Crippen LogP contribution in [-0.4, -0.2) is 91.6 Å². The standard InChI is InChI=1S/C53H47F4N9O7S/c1-64-47-34(45(63-64)35-13-16-42(67)61-49(35)70)11-14-39(44(47)54)58-43(68)27-65-21-18-52(19-22-65)24-30(25-52)73-29-9-10-31(37(23-29)53(55,56)57)32-12-15-41(60-46(32)50(71)72)66-20-17-28-5-4-6-33(36(28)26-66)48(69)62-51-59-38-7-2-3-8-40(38)74-51/h2-12,14-15,23,30,35H,13,16-22,24-27H2,1H3,(H,58,68)(H,71,72)(H,59,62,69)(H,61,67,70). The van der Waals surface area contributed by atoms with Gasteiger partial charge < -0.3 is 20.1 Å². The van der Waals surface area contributed by atoms with Crippen molar-refractivity contribution in [2.75, 3.05) is 41.7 Å². The number of carboxylic acids is 1. The number of halogens is 4. The quantitative estimate of drug-likeness (QED) is 0.0711. The molecule has 11 rings (SSSR count). The van der Waals surface area contributed by atoms with Gasteiger partial charge in [0.2, 0.25) is 17.7 Å². The van der Waals surface area contributed by atoms with Gasteiger partial charge in [-0.1, -0.05) is 41.7 Å². The number of nitrogens with zero attached hydrogens (tertiary/aromatic N) is 6. The lowest BCUT2D eigenvalue weighted by molar-refractivity contribution is -0.137. The molecular formula is C53H47F4N9O7S. The fourth-order valence-electron chi connectivity index (χ4n) is 11.0.